The van der Waals surface area contributed by atoms with Gasteiger partial charge in [0.15, 0.2) is 11.2 Å². The van der Waals surface area contributed by atoms with Gasteiger partial charge >= 0.3 is 0 Å². The molecule has 122 valence electrons. The van der Waals surface area contributed by atoms with Gasteiger partial charge in [-0.15, -0.1) is 0 Å². The van der Waals surface area contributed by atoms with Gasteiger partial charge in [0.1, 0.15) is 5.58 Å². The molecular formula is C20H19NO3. The minimum atomic E-state index is -0.393. The molecule has 1 aromatic heterocycles. The van der Waals surface area contributed by atoms with Crippen molar-refractivity contribution in [1.82, 2.24) is 5.32 Å². The van der Waals surface area contributed by atoms with Crippen LogP contribution in [0.2, 0.25) is 0 Å². The van der Waals surface area contributed by atoms with Crippen molar-refractivity contribution < 1.29 is 9.21 Å². The molecule has 0 saturated heterocycles. The summed E-state index contributed by atoms with van der Waals surface area (Å²) in [7, 11) is 0. The molecule has 1 amide bonds. The van der Waals surface area contributed by atoms with Crippen molar-refractivity contribution >= 4 is 16.9 Å². The van der Waals surface area contributed by atoms with Gasteiger partial charge in [0.2, 0.25) is 0 Å². The summed E-state index contributed by atoms with van der Waals surface area (Å²) < 4.78 is 5.71. The van der Waals surface area contributed by atoms with Crippen LogP contribution < -0.4 is 10.7 Å². The third-order valence-corrected chi connectivity index (χ3v) is 4.21. The Bertz CT molecular complexity index is 969. The Morgan fingerprint density at radius 1 is 1.04 bits per heavy atom. The van der Waals surface area contributed by atoms with E-state index in [0.717, 1.165) is 22.3 Å². The predicted octanol–water partition coefficient (Wildman–Crippen LogP) is 3.65. The molecule has 0 atom stereocenters. The summed E-state index contributed by atoms with van der Waals surface area (Å²) >= 11 is 0. The van der Waals surface area contributed by atoms with Crippen LogP contribution in [0.3, 0.4) is 0 Å². The topological polar surface area (TPSA) is 59.3 Å². The Morgan fingerprint density at radius 3 is 2.46 bits per heavy atom. The SMILES string of the molecule is Cc1ccc(CNC(=O)c2cc(=O)c3ccc(C)c(C)c3o2)cc1. The van der Waals surface area contributed by atoms with Gasteiger partial charge in [0.25, 0.3) is 5.91 Å². The molecule has 0 saturated carbocycles. The third-order valence-electron chi connectivity index (χ3n) is 4.21. The van der Waals surface area contributed by atoms with Crippen molar-refractivity contribution in [3.8, 4) is 0 Å². The molecule has 0 radical (unpaired) electrons. The molecule has 0 spiro atoms. The fourth-order valence-electron chi connectivity index (χ4n) is 2.54. The second-order valence-electron chi connectivity index (χ2n) is 6.03. The zero-order valence-electron chi connectivity index (χ0n) is 14.0. The number of nitrogens with one attached hydrogen (secondary N) is 1. The molecule has 3 aromatic rings. The van der Waals surface area contributed by atoms with Crippen LogP contribution in [0.15, 0.2) is 51.7 Å². The van der Waals surface area contributed by atoms with E-state index in [9.17, 15) is 9.59 Å². The Morgan fingerprint density at radius 2 is 1.75 bits per heavy atom. The highest BCUT2D eigenvalue weighted by atomic mass is 16.3. The van der Waals surface area contributed by atoms with Crippen LogP contribution in [0.5, 0.6) is 0 Å². The predicted molar refractivity (Wildman–Crippen MR) is 94.3 cm³/mol. The molecule has 4 nitrogen and oxygen atoms in total. The van der Waals surface area contributed by atoms with E-state index in [1.807, 2.05) is 51.1 Å². The molecule has 1 N–H and O–H groups in total. The number of hydrogen-bond donors (Lipinski definition) is 1. The molecule has 3 rings (SSSR count). The maximum Gasteiger partial charge on any atom is 0.287 e. The standard InChI is InChI=1S/C20H19NO3/c1-12-4-7-15(8-5-12)11-21-20(23)18-10-17(22)16-9-6-13(2)14(3)19(16)24-18/h4-10H,11H2,1-3H3,(H,21,23). The highest BCUT2D eigenvalue weighted by molar-refractivity contribution is 5.93. The molecule has 0 aliphatic heterocycles. The minimum Gasteiger partial charge on any atom is -0.450 e. The van der Waals surface area contributed by atoms with Crippen molar-refractivity contribution in [2.75, 3.05) is 0 Å². The molecule has 0 bridgehead atoms. The molecule has 0 aliphatic carbocycles. The van der Waals surface area contributed by atoms with Gasteiger partial charge < -0.3 is 9.73 Å². The number of carbonyl (C=O) groups is 1. The van der Waals surface area contributed by atoms with Crippen molar-refractivity contribution in [2.45, 2.75) is 27.3 Å². The Hall–Kier alpha value is -2.88. The first-order valence-corrected chi connectivity index (χ1v) is 7.83. The van der Waals surface area contributed by atoms with E-state index < -0.39 is 5.91 Å². The lowest BCUT2D eigenvalue weighted by atomic mass is 10.1. The van der Waals surface area contributed by atoms with Crippen molar-refractivity contribution in [3.63, 3.8) is 0 Å². The number of fused-ring (bicyclic) bond motifs is 1. The van der Waals surface area contributed by atoms with Gasteiger partial charge in [-0.05, 0) is 43.5 Å². The molecule has 1 heterocycles. The average Bonchev–Trinajstić information content (AvgIpc) is 2.57. The van der Waals surface area contributed by atoms with E-state index in [0.29, 0.717) is 17.5 Å². The number of amides is 1. The second kappa shape index (κ2) is 6.32. The number of carbonyl (C=O) groups excluding carboxylic acids is 1. The smallest absolute Gasteiger partial charge is 0.287 e. The zero-order chi connectivity index (χ0) is 17.3. The summed E-state index contributed by atoms with van der Waals surface area (Å²) in [5, 5.41) is 3.28. The van der Waals surface area contributed by atoms with Gasteiger partial charge in [-0.2, -0.15) is 0 Å². The second-order valence-corrected chi connectivity index (χ2v) is 6.03. The molecule has 0 unspecified atom stereocenters. The van der Waals surface area contributed by atoms with Gasteiger partial charge in [0.05, 0.1) is 5.39 Å². The van der Waals surface area contributed by atoms with Crippen molar-refractivity contribution in [3.05, 3.63) is 80.7 Å². The fourth-order valence-corrected chi connectivity index (χ4v) is 2.54. The van der Waals surface area contributed by atoms with E-state index in [-0.39, 0.29) is 11.2 Å². The number of aryl methyl sites for hydroxylation is 3. The molecule has 4 heteroatoms. The third kappa shape index (κ3) is 3.08. The Labute approximate surface area is 140 Å². The first-order valence-electron chi connectivity index (χ1n) is 7.83. The van der Waals surface area contributed by atoms with Gasteiger partial charge in [-0.3, -0.25) is 9.59 Å². The largest absolute Gasteiger partial charge is 0.450 e. The monoisotopic (exact) mass is 321 g/mol. The van der Waals surface area contributed by atoms with Crippen molar-refractivity contribution in [2.24, 2.45) is 0 Å². The summed E-state index contributed by atoms with van der Waals surface area (Å²) in [5.74, 6) is -0.358. The zero-order valence-corrected chi connectivity index (χ0v) is 14.0. The lowest BCUT2D eigenvalue weighted by molar-refractivity contribution is 0.0923. The highest BCUT2D eigenvalue weighted by Crippen LogP contribution is 2.20. The molecule has 2 aromatic carbocycles. The van der Waals surface area contributed by atoms with Crippen LogP contribution in [0.25, 0.3) is 11.0 Å². The summed E-state index contributed by atoms with van der Waals surface area (Å²) in [4.78, 5) is 24.6. The molecule has 0 aliphatic rings. The summed E-state index contributed by atoms with van der Waals surface area (Å²) in [5.41, 5.74) is 4.31. The van der Waals surface area contributed by atoms with E-state index in [1.54, 1.807) is 6.07 Å². The highest BCUT2D eigenvalue weighted by Gasteiger charge is 2.14. The van der Waals surface area contributed by atoms with Crippen LogP contribution >= 0.6 is 0 Å². The number of rotatable bonds is 3. The number of hydrogen-bond acceptors (Lipinski definition) is 3. The van der Waals surface area contributed by atoms with Crippen LogP contribution in [0.4, 0.5) is 0 Å². The Balaban J connectivity index is 1.88. The van der Waals surface area contributed by atoms with Gasteiger partial charge in [-0.25, -0.2) is 0 Å². The van der Waals surface area contributed by atoms with E-state index in [1.165, 1.54) is 6.07 Å². The van der Waals surface area contributed by atoms with E-state index >= 15 is 0 Å². The normalized spacial score (nSPS) is 10.8. The maximum atomic E-state index is 12.3. The van der Waals surface area contributed by atoms with Gasteiger partial charge in [-0.1, -0.05) is 35.9 Å². The maximum absolute atomic E-state index is 12.3. The van der Waals surface area contributed by atoms with Crippen LogP contribution in [-0.2, 0) is 6.54 Å². The van der Waals surface area contributed by atoms with Crippen LogP contribution in [0, 0.1) is 20.8 Å². The average molecular weight is 321 g/mol. The summed E-state index contributed by atoms with van der Waals surface area (Å²) in [6, 6.07) is 12.8. The lowest BCUT2D eigenvalue weighted by Crippen LogP contribution is -2.24. The molecule has 0 fully saturated rings. The first-order chi connectivity index (χ1) is 11.5. The van der Waals surface area contributed by atoms with Gasteiger partial charge in [0, 0.05) is 12.6 Å². The molecule has 24 heavy (non-hydrogen) atoms. The van der Waals surface area contributed by atoms with E-state index in [4.69, 9.17) is 4.42 Å². The van der Waals surface area contributed by atoms with E-state index in [2.05, 4.69) is 5.32 Å². The van der Waals surface area contributed by atoms with Crippen LogP contribution in [0.1, 0.15) is 32.8 Å². The van der Waals surface area contributed by atoms with Crippen LogP contribution in [-0.4, -0.2) is 5.91 Å². The summed E-state index contributed by atoms with van der Waals surface area (Å²) in [6.07, 6.45) is 0. The number of benzene rings is 2. The quantitative estimate of drug-likeness (QED) is 0.801. The summed E-state index contributed by atoms with van der Waals surface area (Å²) in [6.45, 7) is 6.22. The minimum absolute atomic E-state index is 0.0355. The van der Waals surface area contributed by atoms with Crippen molar-refractivity contribution in [1.29, 1.82) is 0 Å². The Kier molecular flexibility index (Phi) is 4.21. The first kappa shape index (κ1) is 16.0. The molecular weight excluding hydrogens is 302 g/mol. The lowest BCUT2D eigenvalue weighted by Gasteiger charge is -2.08. The fraction of sp³-hybridized carbons (Fsp3) is 0.200.